The second kappa shape index (κ2) is 5.74. The Morgan fingerprint density at radius 2 is 2.17 bits per heavy atom. The molecule has 2 aromatic rings. The van der Waals surface area contributed by atoms with Crippen LogP contribution in [0.15, 0.2) is 30.7 Å². The predicted molar refractivity (Wildman–Crippen MR) is 75.2 cm³/mol. The van der Waals surface area contributed by atoms with E-state index in [2.05, 4.69) is 10.3 Å². The molecule has 1 aromatic heterocycles. The van der Waals surface area contributed by atoms with Gasteiger partial charge in [0.1, 0.15) is 0 Å². The summed E-state index contributed by atoms with van der Waals surface area (Å²) in [6.45, 7) is 0. The van der Waals surface area contributed by atoms with Crippen molar-refractivity contribution in [3.63, 3.8) is 0 Å². The first-order valence-corrected chi connectivity index (χ1v) is 6.45. The first-order chi connectivity index (χ1) is 8.61. The zero-order valence-electron chi connectivity index (χ0n) is 10.3. The molecule has 1 aromatic carbocycles. The van der Waals surface area contributed by atoms with Gasteiger partial charge in [0.05, 0.1) is 18.1 Å². The van der Waals surface area contributed by atoms with Crippen LogP contribution in [0.1, 0.15) is 17.3 Å². The number of imidazole rings is 1. The molecule has 3 nitrogen and oxygen atoms in total. The Kier molecular flexibility index (Phi) is 4.27. The smallest absolute Gasteiger partial charge is 0.0946 e. The number of nitrogens with zero attached hydrogens (tertiary/aromatic N) is 2. The number of rotatable bonds is 4. The van der Waals surface area contributed by atoms with Crippen molar-refractivity contribution in [3.05, 3.63) is 52.0 Å². The highest BCUT2D eigenvalue weighted by atomic mass is 35.5. The van der Waals surface area contributed by atoms with Gasteiger partial charge in [-0.2, -0.15) is 0 Å². The Hall–Kier alpha value is -1.03. The number of nitrogens with one attached hydrogen (secondary N) is 1. The molecular formula is C13H15Cl2N3. The lowest BCUT2D eigenvalue weighted by molar-refractivity contribution is 0.555. The van der Waals surface area contributed by atoms with Crippen LogP contribution in [0.25, 0.3) is 0 Å². The van der Waals surface area contributed by atoms with Crippen LogP contribution in [0.2, 0.25) is 10.0 Å². The van der Waals surface area contributed by atoms with Gasteiger partial charge in [-0.3, -0.25) is 0 Å². The van der Waals surface area contributed by atoms with E-state index in [4.69, 9.17) is 23.2 Å². The highest BCUT2D eigenvalue weighted by molar-refractivity contribution is 6.33. The van der Waals surface area contributed by atoms with Crippen molar-refractivity contribution in [2.45, 2.75) is 12.5 Å². The molecule has 0 amide bonds. The fourth-order valence-corrected chi connectivity index (χ4v) is 2.37. The minimum atomic E-state index is 0.161. The number of likely N-dealkylation sites (N-methyl/N-ethyl adjacent to an activating group) is 1. The van der Waals surface area contributed by atoms with Gasteiger partial charge in [0.15, 0.2) is 0 Å². The average Bonchev–Trinajstić information content (AvgIpc) is 2.77. The summed E-state index contributed by atoms with van der Waals surface area (Å²) in [6.07, 6.45) is 4.42. The van der Waals surface area contributed by atoms with Gasteiger partial charge < -0.3 is 9.88 Å². The molecule has 0 saturated heterocycles. The van der Waals surface area contributed by atoms with Crippen molar-refractivity contribution in [3.8, 4) is 0 Å². The standard InChI is InChI=1S/C13H15Cl2N3/c1-16-12(13-7-17-8-18(13)2)6-9-5-10(14)3-4-11(9)15/h3-5,7-8,12,16H,6H2,1-2H3. The highest BCUT2D eigenvalue weighted by Gasteiger charge is 2.15. The molecule has 2 rings (SSSR count). The van der Waals surface area contributed by atoms with Crippen LogP contribution in [0.5, 0.6) is 0 Å². The third-order valence-corrected chi connectivity index (χ3v) is 3.60. The fraction of sp³-hybridized carbons (Fsp3) is 0.308. The van der Waals surface area contributed by atoms with E-state index in [1.165, 1.54) is 0 Å². The van der Waals surface area contributed by atoms with Crippen LogP contribution < -0.4 is 5.32 Å². The maximum absolute atomic E-state index is 6.19. The number of aryl methyl sites for hydroxylation is 1. The lowest BCUT2D eigenvalue weighted by atomic mass is 10.0. The van der Waals surface area contributed by atoms with Crippen LogP contribution in [0.3, 0.4) is 0 Å². The van der Waals surface area contributed by atoms with Crippen LogP contribution in [-0.4, -0.2) is 16.6 Å². The molecule has 0 saturated carbocycles. The first-order valence-electron chi connectivity index (χ1n) is 5.69. The maximum Gasteiger partial charge on any atom is 0.0946 e. The van der Waals surface area contributed by atoms with Crippen LogP contribution in [0.4, 0.5) is 0 Å². The summed E-state index contributed by atoms with van der Waals surface area (Å²) in [5.74, 6) is 0. The number of hydrogen-bond donors (Lipinski definition) is 1. The molecule has 1 unspecified atom stereocenters. The molecule has 96 valence electrons. The minimum absolute atomic E-state index is 0.161. The lowest BCUT2D eigenvalue weighted by Gasteiger charge is -2.17. The van der Waals surface area contributed by atoms with Crippen molar-refractivity contribution >= 4 is 23.2 Å². The van der Waals surface area contributed by atoms with Gasteiger partial charge in [-0.05, 0) is 37.2 Å². The molecule has 5 heteroatoms. The first kappa shape index (κ1) is 13.4. The molecule has 0 radical (unpaired) electrons. The Labute approximate surface area is 117 Å². The Balaban J connectivity index is 2.26. The molecule has 1 heterocycles. The van der Waals surface area contributed by atoms with E-state index in [1.54, 1.807) is 12.4 Å². The summed E-state index contributed by atoms with van der Waals surface area (Å²) >= 11 is 12.2. The molecule has 0 aliphatic rings. The monoisotopic (exact) mass is 283 g/mol. The Morgan fingerprint density at radius 3 is 2.78 bits per heavy atom. The second-order valence-electron chi connectivity index (χ2n) is 4.21. The summed E-state index contributed by atoms with van der Waals surface area (Å²) < 4.78 is 2.00. The van der Waals surface area contributed by atoms with Crippen molar-refractivity contribution in [2.75, 3.05) is 7.05 Å². The van der Waals surface area contributed by atoms with Crippen molar-refractivity contribution in [1.82, 2.24) is 14.9 Å². The Morgan fingerprint density at radius 1 is 1.39 bits per heavy atom. The lowest BCUT2D eigenvalue weighted by Crippen LogP contribution is -2.21. The van der Waals surface area contributed by atoms with Gasteiger partial charge in [0.25, 0.3) is 0 Å². The molecule has 0 spiro atoms. The van der Waals surface area contributed by atoms with Crippen LogP contribution >= 0.6 is 23.2 Å². The summed E-state index contributed by atoms with van der Waals surface area (Å²) in [4.78, 5) is 4.14. The maximum atomic E-state index is 6.19. The van der Waals surface area contributed by atoms with Crippen molar-refractivity contribution in [2.24, 2.45) is 7.05 Å². The summed E-state index contributed by atoms with van der Waals surface area (Å²) in [7, 11) is 3.91. The van der Waals surface area contributed by atoms with Crippen molar-refractivity contribution < 1.29 is 0 Å². The zero-order chi connectivity index (χ0) is 13.1. The zero-order valence-corrected chi connectivity index (χ0v) is 11.8. The van der Waals surface area contributed by atoms with Gasteiger partial charge >= 0.3 is 0 Å². The number of hydrogen-bond acceptors (Lipinski definition) is 2. The summed E-state index contributed by atoms with van der Waals surface area (Å²) in [5, 5.41) is 4.72. The molecule has 18 heavy (non-hydrogen) atoms. The van der Waals surface area contributed by atoms with E-state index in [-0.39, 0.29) is 6.04 Å². The molecule has 0 fully saturated rings. The molecule has 0 aliphatic heterocycles. The fourth-order valence-electron chi connectivity index (χ4n) is 1.98. The van der Waals surface area contributed by atoms with Gasteiger partial charge in [-0.15, -0.1) is 0 Å². The summed E-state index contributed by atoms with van der Waals surface area (Å²) in [6, 6.07) is 5.69. The average molecular weight is 284 g/mol. The number of aromatic nitrogens is 2. The van der Waals surface area contributed by atoms with Crippen molar-refractivity contribution in [1.29, 1.82) is 0 Å². The van der Waals surface area contributed by atoms with E-state index in [1.807, 2.05) is 37.0 Å². The van der Waals surface area contributed by atoms with E-state index in [0.717, 1.165) is 22.7 Å². The summed E-state index contributed by atoms with van der Waals surface area (Å²) in [5.41, 5.74) is 2.15. The van der Waals surface area contributed by atoms with Crippen LogP contribution in [0, 0.1) is 0 Å². The topological polar surface area (TPSA) is 29.9 Å². The van der Waals surface area contributed by atoms with Gasteiger partial charge in [-0.1, -0.05) is 23.2 Å². The normalized spacial score (nSPS) is 12.7. The van der Waals surface area contributed by atoms with Gasteiger partial charge in [-0.25, -0.2) is 4.98 Å². The highest BCUT2D eigenvalue weighted by Crippen LogP contribution is 2.25. The van der Waals surface area contributed by atoms with E-state index in [0.29, 0.717) is 5.02 Å². The number of benzene rings is 1. The molecule has 1 N–H and O–H groups in total. The van der Waals surface area contributed by atoms with E-state index >= 15 is 0 Å². The van der Waals surface area contributed by atoms with Gasteiger partial charge in [0, 0.05) is 23.3 Å². The third-order valence-electron chi connectivity index (χ3n) is 2.99. The van der Waals surface area contributed by atoms with Crippen LogP contribution in [-0.2, 0) is 13.5 Å². The number of halogens is 2. The molecule has 0 bridgehead atoms. The Bertz CT molecular complexity index is 537. The third kappa shape index (κ3) is 2.86. The van der Waals surface area contributed by atoms with E-state index in [9.17, 15) is 0 Å². The molecule has 0 aliphatic carbocycles. The molecular weight excluding hydrogens is 269 g/mol. The molecule has 1 atom stereocenters. The largest absolute Gasteiger partial charge is 0.336 e. The van der Waals surface area contributed by atoms with Gasteiger partial charge in [0.2, 0.25) is 0 Å². The quantitative estimate of drug-likeness (QED) is 0.934. The second-order valence-corrected chi connectivity index (χ2v) is 5.05. The SMILES string of the molecule is CNC(Cc1cc(Cl)ccc1Cl)c1cncn1C. The predicted octanol–water partition coefficient (Wildman–Crippen LogP) is 3.23. The minimum Gasteiger partial charge on any atom is -0.336 e. The van der Waals surface area contributed by atoms with E-state index < -0.39 is 0 Å².